The van der Waals surface area contributed by atoms with Gasteiger partial charge in [0.25, 0.3) is 5.91 Å². The van der Waals surface area contributed by atoms with Crippen LogP contribution in [0.3, 0.4) is 0 Å². The maximum atomic E-state index is 12.4. The lowest BCUT2D eigenvalue weighted by atomic mass is 10.0. The van der Waals surface area contributed by atoms with Crippen LogP contribution in [0.1, 0.15) is 12.6 Å². The zero-order valence-electron chi connectivity index (χ0n) is 14.0. The summed E-state index contributed by atoms with van der Waals surface area (Å²) < 4.78 is 4.86. The second kappa shape index (κ2) is 7.56. The molecule has 0 aliphatic carbocycles. The minimum absolute atomic E-state index is 0.0841. The number of thiazole rings is 1. The number of H-pyrrole nitrogens is 1. The van der Waals surface area contributed by atoms with E-state index in [1.165, 1.54) is 24.1 Å². The lowest BCUT2D eigenvalue weighted by Gasteiger charge is -2.49. The Morgan fingerprint density at radius 2 is 2.15 bits per heavy atom. The average Bonchev–Trinajstić information content (AvgIpc) is 3.01. The van der Waals surface area contributed by atoms with Crippen LogP contribution in [0.2, 0.25) is 0 Å². The van der Waals surface area contributed by atoms with E-state index in [0.717, 1.165) is 16.2 Å². The molecule has 0 spiro atoms. The Bertz CT molecular complexity index is 903. The lowest BCUT2D eigenvalue weighted by Crippen LogP contribution is -2.70. The van der Waals surface area contributed by atoms with Gasteiger partial charge >= 0.3 is 16.8 Å². The molecule has 144 valence electrons. The van der Waals surface area contributed by atoms with Crippen molar-refractivity contribution in [3.8, 4) is 0 Å². The van der Waals surface area contributed by atoms with E-state index in [-0.39, 0.29) is 29.4 Å². The summed E-state index contributed by atoms with van der Waals surface area (Å²) >= 11 is 2.22. The van der Waals surface area contributed by atoms with E-state index < -0.39 is 35.2 Å². The summed E-state index contributed by atoms with van der Waals surface area (Å²) in [6, 6.07) is -0.850. The summed E-state index contributed by atoms with van der Waals surface area (Å²) in [5, 5.41) is 13.0. The molecule has 1 aromatic rings. The first-order valence-corrected chi connectivity index (χ1v) is 9.70. The molecule has 3 N–H and O–H groups in total. The fourth-order valence-electron chi connectivity index (χ4n) is 2.78. The number of thioether (sulfide) groups is 1. The number of aliphatic carboxylic acids is 1. The molecule has 0 radical (unpaired) electrons. The molecule has 2 aliphatic rings. The van der Waals surface area contributed by atoms with Crippen molar-refractivity contribution < 1.29 is 29.0 Å². The van der Waals surface area contributed by atoms with Gasteiger partial charge in [-0.15, -0.1) is 11.8 Å². The van der Waals surface area contributed by atoms with Crippen LogP contribution in [-0.4, -0.2) is 62.5 Å². The molecule has 2 amide bonds. The number of nitrogens with zero attached hydrogens (tertiary/aromatic N) is 1. The smallest absolute Gasteiger partial charge is 0.352 e. The molecule has 2 aliphatic heterocycles. The van der Waals surface area contributed by atoms with E-state index in [2.05, 4.69) is 10.3 Å². The predicted molar refractivity (Wildman–Crippen MR) is 95.0 cm³/mol. The van der Waals surface area contributed by atoms with Crippen molar-refractivity contribution in [1.29, 1.82) is 0 Å². The number of carboxylic acid groups (broad SMARTS) is 1. The van der Waals surface area contributed by atoms with Gasteiger partial charge in [-0.05, 0) is 0 Å². The molecule has 12 heteroatoms. The molecular weight excluding hydrogens is 398 g/mol. The van der Waals surface area contributed by atoms with Gasteiger partial charge in [-0.3, -0.25) is 24.1 Å². The molecule has 10 nitrogen and oxygen atoms in total. The summed E-state index contributed by atoms with van der Waals surface area (Å²) in [6.45, 7) is 1.00. The van der Waals surface area contributed by atoms with Gasteiger partial charge in [0.05, 0.1) is 6.42 Å². The Labute approximate surface area is 160 Å². The van der Waals surface area contributed by atoms with E-state index in [4.69, 9.17) is 4.74 Å². The molecule has 27 heavy (non-hydrogen) atoms. The van der Waals surface area contributed by atoms with Gasteiger partial charge < -0.3 is 20.1 Å². The second-order valence-corrected chi connectivity index (χ2v) is 7.79. The van der Waals surface area contributed by atoms with Crippen LogP contribution in [0, 0.1) is 0 Å². The molecule has 0 saturated carbocycles. The molecular formula is C15H15N3O7S2. The van der Waals surface area contributed by atoms with Gasteiger partial charge in [0, 0.05) is 29.3 Å². The Morgan fingerprint density at radius 1 is 1.41 bits per heavy atom. The minimum atomic E-state index is -1.29. The van der Waals surface area contributed by atoms with E-state index in [9.17, 15) is 29.1 Å². The number of amides is 2. The first-order chi connectivity index (χ1) is 12.8. The number of carbonyl (C=O) groups excluding carboxylic acids is 3. The quantitative estimate of drug-likeness (QED) is 0.409. The highest BCUT2D eigenvalue weighted by atomic mass is 32.2. The number of hydrogen-bond donors (Lipinski definition) is 3. The van der Waals surface area contributed by atoms with E-state index in [1.54, 1.807) is 0 Å². The summed E-state index contributed by atoms with van der Waals surface area (Å²) in [5.74, 6) is -2.58. The summed E-state index contributed by atoms with van der Waals surface area (Å²) in [5.41, 5.74) is 0.558. The van der Waals surface area contributed by atoms with Crippen molar-refractivity contribution >= 4 is 46.9 Å². The number of hydrogen-bond acceptors (Lipinski definition) is 8. The number of aromatic amines is 1. The number of rotatable bonds is 6. The third kappa shape index (κ3) is 3.90. The normalized spacial score (nSPS) is 21.4. The molecule has 1 fully saturated rings. The highest BCUT2D eigenvalue weighted by Gasteiger charge is 2.54. The van der Waals surface area contributed by atoms with E-state index in [0.29, 0.717) is 11.3 Å². The van der Waals surface area contributed by atoms with Gasteiger partial charge in [-0.2, -0.15) is 0 Å². The zero-order chi connectivity index (χ0) is 19.7. The van der Waals surface area contributed by atoms with E-state index in [1.807, 2.05) is 0 Å². The largest absolute Gasteiger partial charge is 0.477 e. The zero-order valence-corrected chi connectivity index (χ0v) is 15.6. The maximum Gasteiger partial charge on any atom is 0.352 e. The molecule has 1 unspecified atom stereocenters. The number of carboxylic acids is 1. The average molecular weight is 413 g/mol. The monoisotopic (exact) mass is 413 g/mol. The molecule has 1 aromatic heterocycles. The summed E-state index contributed by atoms with van der Waals surface area (Å²) in [4.78, 5) is 61.5. The fraction of sp³-hybridized carbons (Fsp3) is 0.400. The van der Waals surface area contributed by atoms with Crippen LogP contribution in [0.25, 0.3) is 0 Å². The Kier molecular flexibility index (Phi) is 5.37. The van der Waals surface area contributed by atoms with Gasteiger partial charge in [-0.25, -0.2) is 4.79 Å². The third-order valence-electron chi connectivity index (χ3n) is 3.94. The molecule has 2 atom stereocenters. The lowest BCUT2D eigenvalue weighted by molar-refractivity contribution is -0.151. The van der Waals surface area contributed by atoms with Crippen molar-refractivity contribution in [3.05, 3.63) is 32.0 Å². The maximum absolute atomic E-state index is 12.4. The van der Waals surface area contributed by atoms with Gasteiger partial charge in [0.2, 0.25) is 5.91 Å². The first kappa shape index (κ1) is 19.2. The van der Waals surface area contributed by atoms with Crippen LogP contribution < -0.4 is 10.2 Å². The highest BCUT2D eigenvalue weighted by Crippen LogP contribution is 2.40. The molecule has 0 bridgehead atoms. The SMILES string of the molecule is CC(=O)OCC1=C(C(=O)O)N2C(=O)C(NC(=O)Cc3csc(=O)[nH]3)[C@@H]2SC1. The van der Waals surface area contributed by atoms with Gasteiger partial charge in [0.1, 0.15) is 23.7 Å². The van der Waals surface area contributed by atoms with Crippen LogP contribution >= 0.6 is 23.1 Å². The van der Waals surface area contributed by atoms with Crippen molar-refractivity contribution in [2.75, 3.05) is 12.4 Å². The Morgan fingerprint density at radius 3 is 2.74 bits per heavy atom. The van der Waals surface area contributed by atoms with Crippen LogP contribution in [0.5, 0.6) is 0 Å². The van der Waals surface area contributed by atoms with Crippen molar-refractivity contribution in [2.45, 2.75) is 24.8 Å². The summed E-state index contributed by atoms with van der Waals surface area (Å²) in [6.07, 6.45) is -0.0841. The van der Waals surface area contributed by atoms with Crippen LogP contribution in [0.4, 0.5) is 0 Å². The number of carbonyl (C=O) groups is 4. The first-order valence-electron chi connectivity index (χ1n) is 7.77. The second-order valence-electron chi connectivity index (χ2n) is 5.84. The van der Waals surface area contributed by atoms with Crippen molar-refractivity contribution in [1.82, 2.24) is 15.2 Å². The van der Waals surface area contributed by atoms with Gasteiger partial charge in [0.15, 0.2) is 0 Å². The number of ether oxygens (including phenoxy) is 1. The molecule has 0 aromatic carbocycles. The van der Waals surface area contributed by atoms with Crippen molar-refractivity contribution in [2.24, 2.45) is 0 Å². The van der Waals surface area contributed by atoms with E-state index >= 15 is 0 Å². The van der Waals surface area contributed by atoms with Crippen LogP contribution in [-0.2, 0) is 30.3 Å². The number of β-lactam (4-membered cyclic amide) rings is 1. The summed E-state index contributed by atoms with van der Waals surface area (Å²) in [7, 11) is 0. The minimum Gasteiger partial charge on any atom is -0.477 e. The van der Waals surface area contributed by atoms with Crippen LogP contribution in [0.15, 0.2) is 21.4 Å². The predicted octanol–water partition coefficient (Wildman–Crippen LogP) is -0.719. The number of nitrogens with one attached hydrogen (secondary N) is 2. The fourth-order valence-corrected chi connectivity index (χ4v) is 4.69. The topological polar surface area (TPSA) is 146 Å². The molecule has 1 saturated heterocycles. The number of aromatic nitrogens is 1. The highest BCUT2D eigenvalue weighted by molar-refractivity contribution is 8.00. The molecule has 3 rings (SSSR count). The Hall–Kier alpha value is -2.60. The third-order valence-corrected chi connectivity index (χ3v) is 6.00. The number of fused-ring (bicyclic) bond motifs is 1. The number of esters is 1. The molecule has 3 heterocycles. The standard InChI is InChI=1S/C15H15N3O7S2/c1-6(19)25-3-7-4-26-13-10(12(21)18(13)11(7)14(22)23)17-9(20)2-8-5-27-15(24)16-8/h5,10,13H,2-4H2,1H3,(H,16,24)(H,17,20)(H,22,23)/t10?,13-/m0/s1. The van der Waals surface area contributed by atoms with Gasteiger partial charge in [-0.1, -0.05) is 11.3 Å². The Balaban J connectivity index is 1.69. The van der Waals surface area contributed by atoms with Crippen molar-refractivity contribution in [3.63, 3.8) is 0 Å².